The molecule has 8 bridgehead atoms. The summed E-state index contributed by atoms with van der Waals surface area (Å²) in [6.07, 6.45) is 17.1. The molecule has 158 valence electrons. The third-order valence-corrected chi connectivity index (χ3v) is 11.0. The van der Waals surface area contributed by atoms with E-state index < -0.39 is 0 Å². The monoisotopic (exact) mass is 386 g/mol. The molecule has 2 nitrogen and oxygen atoms in total. The summed E-state index contributed by atoms with van der Waals surface area (Å²) in [5.74, 6) is 7.48. The molecule has 8 fully saturated rings. The molecule has 28 heavy (non-hydrogen) atoms. The van der Waals surface area contributed by atoms with E-state index in [-0.39, 0.29) is 11.2 Å². The van der Waals surface area contributed by atoms with Crippen LogP contribution in [0.3, 0.4) is 0 Å². The highest BCUT2D eigenvalue weighted by molar-refractivity contribution is 5.09. The third kappa shape index (κ3) is 2.58. The molecule has 8 rings (SSSR count). The second-order valence-electron chi connectivity index (χ2n) is 11.9. The van der Waals surface area contributed by atoms with Crippen LogP contribution in [0.15, 0.2) is 0 Å². The quantitative estimate of drug-likeness (QED) is 0.483. The van der Waals surface area contributed by atoms with Gasteiger partial charge in [0, 0.05) is 0 Å². The van der Waals surface area contributed by atoms with Crippen molar-refractivity contribution >= 4 is 0 Å². The van der Waals surface area contributed by atoms with Crippen molar-refractivity contribution in [2.75, 3.05) is 13.2 Å². The molecule has 0 amide bonds. The Morgan fingerprint density at radius 1 is 0.500 bits per heavy atom. The highest BCUT2D eigenvalue weighted by Crippen LogP contribution is 2.62. The number of hydrogen-bond acceptors (Lipinski definition) is 2. The van der Waals surface area contributed by atoms with Gasteiger partial charge in [-0.1, -0.05) is 13.8 Å². The zero-order valence-corrected chi connectivity index (χ0v) is 18.3. The zero-order chi connectivity index (χ0) is 18.9. The first-order chi connectivity index (χ1) is 13.6. The van der Waals surface area contributed by atoms with Crippen molar-refractivity contribution in [3.8, 4) is 0 Å². The van der Waals surface area contributed by atoms with Gasteiger partial charge in [0.2, 0.25) is 0 Å². The second kappa shape index (κ2) is 6.71. The lowest BCUT2D eigenvalue weighted by atomic mass is 9.49. The van der Waals surface area contributed by atoms with Crippen LogP contribution in [0.2, 0.25) is 0 Å². The molecule has 8 aliphatic rings. The summed E-state index contributed by atoms with van der Waals surface area (Å²) in [5, 5.41) is 0. The minimum Gasteiger partial charge on any atom is -0.372 e. The summed E-state index contributed by atoms with van der Waals surface area (Å²) in [6, 6.07) is 0. The highest BCUT2D eigenvalue weighted by atomic mass is 16.5. The normalized spacial score (nSPS) is 55.9. The van der Waals surface area contributed by atoms with E-state index in [4.69, 9.17) is 9.47 Å². The van der Waals surface area contributed by atoms with Crippen molar-refractivity contribution in [1.29, 1.82) is 0 Å². The van der Waals surface area contributed by atoms with Gasteiger partial charge in [0.15, 0.2) is 0 Å². The molecule has 0 atom stereocenters. The Morgan fingerprint density at radius 2 is 0.786 bits per heavy atom. The van der Waals surface area contributed by atoms with Gasteiger partial charge in [-0.3, -0.25) is 0 Å². The summed E-state index contributed by atoms with van der Waals surface area (Å²) in [6.45, 7) is 6.47. The van der Waals surface area contributed by atoms with Gasteiger partial charge in [0.1, 0.15) is 0 Å². The molecule has 0 spiro atoms. The maximum Gasteiger partial charge on any atom is 0.0737 e. The molecule has 0 aliphatic heterocycles. The van der Waals surface area contributed by atoms with Crippen LogP contribution in [0.25, 0.3) is 0 Å². The fourth-order valence-corrected chi connectivity index (χ4v) is 10.3. The van der Waals surface area contributed by atoms with Crippen LogP contribution in [0.5, 0.6) is 0 Å². The van der Waals surface area contributed by atoms with Crippen molar-refractivity contribution in [2.24, 2.45) is 47.3 Å². The van der Waals surface area contributed by atoms with E-state index in [1.165, 1.54) is 77.0 Å². The number of hydrogen-bond donors (Lipinski definition) is 0. The molecule has 0 unspecified atom stereocenters. The van der Waals surface area contributed by atoms with Gasteiger partial charge < -0.3 is 9.47 Å². The fourth-order valence-electron chi connectivity index (χ4n) is 10.3. The van der Waals surface area contributed by atoms with Crippen molar-refractivity contribution in [3.05, 3.63) is 0 Å². The van der Waals surface area contributed by atoms with Gasteiger partial charge in [-0.15, -0.1) is 0 Å². The minimum absolute atomic E-state index is 0.195. The Morgan fingerprint density at radius 3 is 1.04 bits per heavy atom. The molecule has 0 heterocycles. The van der Waals surface area contributed by atoms with Crippen LogP contribution in [0.4, 0.5) is 0 Å². The largest absolute Gasteiger partial charge is 0.372 e. The van der Waals surface area contributed by atoms with Crippen LogP contribution in [-0.2, 0) is 9.47 Å². The van der Waals surface area contributed by atoms with E-state index in [2.05, 4.69) is 13.8 Å². The standard InChI is InChI=1S/C26H42O2/c1-3-25(21-9-17-7-18(11-21)12-22(25)10-17)27-5-6-28-26(4-2)23-13-19-8-20(15-23)16-24(26)14-19/h17-24H,3-16H2,1-2H3. The Labute approximate surface area is 172 Å². The number of ether oxygens (including phenoxy) is 2. The summed E-state index contributed by atoms with van der Waals surface area (Å²) in [4.78, 5) is 0. The Bertz CT molecular complexity index is 487. The lowest BCUT2D eigenvalue weighted by Gasteiger charge is -2.61. The predicted octanol–water partition coefficient (Wildman–Crippen LogP) is 6.23. The Hall–Kier alpha value is -0.0800. The molecule has 2 heteroatoms. The summed E-state index contributed by atoms with van der Waals surface area (Å²) in [7, 11) is 0. The lowest BCUT2D eigenvalue weighted by Crippen LogP contribution is -2.60. The number of rotatable bonds is 7. The Kier molecular flexibility index (Phi) is 4.47. The summed E-state index contributed by atoms with van der Waals surface area (Å²) >= 11 is 0. The van der Waals surface area contributed by atoms with Gasteiger partial charge in [-0.25, -0.2) is 0 Å². The molecular weight excluding hydrogens is 344 g/mol. The van der Waals surface area contributed by atoms with E-state index in [9.17, 15) is 0 Å². The molecular formula is C26H42O2. The third-order valence-electron chi connectivity index (χ3n) is 11.0. The second-order valence-corrected chi connectivity index (χ2v) is 11.9. The molecule has 0 aromatic rings. The zero-order valence-electron chi connectivity index (χ0n) is 18.3. The van der Waals surface area contributed by atoms with Crippen LogP contribution in [0.1, 0.15) is 90.9 Å². The van der Waals surface area contributed by atoms with Crippen molar-refractivity contribution in [2.45, 2.75) is 102 Å². The van der Waals surface area contributed by atoms with Crippen molar-refractivity contribution < 1.29 is 9.47 Å². The van der Waals surface area contributed by atoms with Crippen LogP contribution in [-0.4, -0.2) is 24.4 Å². The molecule has 8 saturated carbocycles. The van der Waals surface area contributed by atoms with Crippen LogP contribution < -0.4 is 0 Å². The summed E-state index contributed by atoms with van der Waals surface area (Å²) in [5.41, 5.74) is 0.389. The van der Waals surface area contributed by atoms with E-state index in [0.29, 0.717) is 0 Å². The van der Waals surface area contributed by atoms with Crippen LogP contribution in [0, 0.1) is 47.3 Å². The maximum absolute atomic E-state index is 6.86. The highest BCUT2D eigenvalue weighted by Gasteiger charge is 2.58. The molecule has 8 aliphatic carbocycles. The van der Waals surface area contributed by atoms with Gasteiger partial charge in [-0.2, -0.15) is 0 Å². The topological polar surface area (TPSA) is 18.5 Å². The average Bonchev–Trinajstić information content (AvgIpc) is 2.68. The molecule has 0 saturated heterocycles. The van der Waals surface area contributed by atoms with Gasteiger partial charge in [0.05, 0.1) is 24.4 Å². The van der Waals surface area contributed by atoms with Gasteiger partial charge in [-0.05, 0) is 124 Å². The molecule has 0 N–H and O–H groups in total. The smallest absolute Gasteiger partial charge is 0.0737 e. The molecule has 0 radical (unpaired) electrons. The first kappa shape index (κ1) is 18.7. The van der Waals surface area contributed by atoms with Gasteiger partial charge >= 0.3 is 0 Å². The van der Waals surface area contributed by atoms with E-state index in [1.807, 2.05) is 0 Å². The van der Waals surface area contributed by atoms with Crippen LogP contribution >= 0.6 is 0 Å². The SMILES string of the molecule is CCC1(OCCOC2(CC)C3CC4CC(C3)CC2C4)C2CC3CC(C2)CC1C3. The van der Waals surface area contributed by atoms with E-state index in [1.54, 1.807) is 0 Å². The van der Waals surface area contributed by atoms with Gasteiger partial charge in [0.25, 0.3) is 0 Å². The predicted molar refractivity (Wildman–Crippen MR) is 112 cm³/mol. The molecule has 0 aromatic carbocycles. The first-order valence-corrected chi connectivity index (χ1v) is 12.9. The first-order valence-electron chi connectivity index (χ1n) is 12.9. The molecule has 0 aromatic heterocycles. The minimum atomic E-state index is 0.195. The van der Waals surface area contributed by atoms with E-state index >= 15 is 0 Å². The van der Waals surface area contributed by atoms with E-state index in [0.717, 1.165) is 60.6 Å². The average molecular weight is 387 g/mol. The Balaban J connectivity index is 1.11. The summed E-state index contributed by atoms with van der Waals surface area (Å²) < 4.78 is 13.7. The lowest BCUT2D eigenvalue weighted by molar-refractivity contribution is -0.237. The maximum atomic E-state index is 6.86. The van der Waals surface area contributed by atoms with Crippen molar-refractivity contribution in [3.63, 3.8) is 0 Å². The van der Waals surface area contributed by atoms with Crippen molar-refractivity contribution in [1.82, 2.24) is 0 Å². The fraction of sp³-hybridized carbons (Fsp3) is 1.00.